The number of benzene rings is 1. The van der Waals surface area contributed by atoms with Crippen molar-refractivity contribution in [2.45, 2.75) is 51.6 Å². The van der Waals surface area contributed by atoms with Crippen molar-refractivity contribution in [3.05, 3.63) is 66.1 Å². The smallest absolute Gasteiger partial charge is 0.220 e. The zero-order valence-corrected chi connectivity index (χ0v) is 15.5. The molecule has 1 atom stereocenters. The van der Waals surface area contributed by atoms with Crippen LogP contribution in [0.2, 0.25) is 0 Å². The van der Waals surface area contributed by atoms with Gasteiger partial charge in [0.25, 0.3) is 0 Å². The Morgan fingerprint density at radius 1 is 1.11 bits per heavy atom. The number of carbonyl (C=O) groups is 1. The summed E-state index contributed by atoms with van der Waals surface area (Å²) in [6.07, 6.45) is 6.85. The summed E-state index contributed by atoms with van der Waals surface area (Å²) < 4.78 is 7.50. The van der Waals surface area contributed by atoms with Crippen molar-refractivity contribution in [1.82, 2.24) is 25.3 Å². The number of aromatic nitrogens is 4. The van der Waals surface area contributed by atoms with Crippen molar-refractivity contribution in [3.63, 3.8) is 0 Å². The van der Waals surface area contributed by atoms with Crippen molar-refractivity contribution in [2.24, 2.45) is 0 Å². The predicted octanol–water partition coefficient (Wildman–Crippen LogP) is 2.58. The Morgan fingerprint density at radius 3 is 2.63 bits per heavy atom. The van der Waals surface area contributed by atoms with Gasteiger partial charge in [-0.15, -0.1) is 10.2 Å². The van der Waals surface area contributed by atoms with Crippen LogP contribution in [0.1, 0.15) is 37.1 Å². The summed E-state index contributed by atoms with van der Waals surface area (Å²) in [6, 6.07) is 12.2. The Kier molecular flexibility index (Phi) is 6.73. The van der Waals surface area contributed by atoms with E-state index in [0.717, 1.165) is 19.4 Å². The molecule has 3 aromatic rings. The monoisotopic (exact) mass is 367 g/mol. The minimum absolute atomic E-state index is 0.00741. The molecule has 2 aromatic heterocycles. The van der Waals surface area contributed by atoms with Crippen LogP contribution in [0.25, 0.3) is 0 Å². The maximum atomic E-state index is 12.1. The highest BCUT2D eigenvalue weighted by Gasteiger charge is 2.11. The van der Waals surface area contributed by atoms with Crippen molar-refractivity contribution >= 4 is 5.91 Å². The molecule has 0 aliphatic rings. The minimum atomic E-state index is -0.00741. The molecule has 3 rings (SSSR count). The van der Waals surface area contributed by atoms with Crippen LogP contribution >= 0.6 is 0 Å². The van der Waals surface area contributed by atoms with Gasteiger partial charge in [-0.25, -0.2) is 0 Å². The molecule has 27 heavy (non-hydrogen) atoms. The third kappa shape index (κ3) is 6.36. The van der Waals surface area contributed by atoms with E-state index in [1.807, 2.05) is 42.1 Å². The van der Waals surface area contributed by atoms with Gasteiger partial charge < -0.3 is 9.73 Å². The standard InChI is InChI=1S/C20H25N5O2/c1-16(12-15-25-14-5-13-21-25)22-18(26)9-11-20-24-23-19(27-20)10-8-17-6-3-2-4-7-17/h2-7,13-14,16H,8-12,15H2,1H3,(H,22,26)/t16-/m0/s1. The van der Waals surface area contributed by atoms with Crippen LogP contribution in [0.5, 0.6) is 0 Å². The fourth-order valence-corrected chi connectivity index (χ4v) is 2.78. The molecule has 0 aliphatic heterocycles. The van der Waals surface area contributed by atoms with Gasteiger partial charge in [0.2, 0.25) is 17.7 Å². The lowest BCUT2D eigenvalue weighted by Gasteiger charge is -2.13. The lowest BCUT2D eigenvalue weighted by Crippen LogP contribution is -2.33. The average Bonchev–Trinajstić information content (AvgIpc) is 3.36. The van der Waals surface area contributed by atoms with Gasteiger partial charge in [-0.05, 0) is 31.4 Å². The number of amides is 1. The van der Waals surface area contributed by atoms with E-state index in [0.29, 0.717) is 31.0 Å². The van der Waals surface area contributed by atoms with Crippen molar-refractivity contribution in [1.29, 1.82) is 0 Å². The summed E-state index contributed by atoms with van der Waals surface area (Å²) in [4.78, 5) is 12.1. The molecular weight excluding hydrogens is 342 g/mol. The zero-order valence-electron chi connectivity index (χ0n) is 15.5. The highest BCUT2D eigenvalue weighted by atomic mass is 16.4. The van der Waals surface area contributed by atoms with E-state index < -0.39 is 0 Å². The fourth-order valence-electron chi connectivity index (χ4n) is 2.78. The van der Waals surface area contributed by atoms with Gasteiger partial charge in [0, 0.05) is 44.2 Å². The van der Waals surface area contributed by atoms with E-state index >= 15 is 0 Å². The first-order valence-electron chi connectivity index (χ1n) is 9.31. The molecule has 0 spiro atoms. The molecule has 1 amide bonds. The van der Waals surface area contributed by atoms with Gasteiger partial charge in [-0.3, -0.25) is 9.48 Å². The lowest BCUT2D eigenvalue weighted by atomic mass is 10.1. The van der Waals surface area contributed by atoms with Gasteiger partial charge in [0.05, 0.1) is 0 Å². The molecular formula is C20H25N5O2. The van der Waals surface area contributed by atoms with Crippen molar-refractivity contribution in [2.75, 3.05) is 0 Å². The first kappa shape index (κ1) is 18.8. The summed E-state index contributed by atoms with van der Waals surface area (Å²) in [5.41, 5.74) is 1.24. The summed E-state index contributed by atoms with van der Waals surface area (Å²) in [7, 11) is 0. The van der Waals surface area contributed by atoms with E-state index in [1.54, 1.807) is 6.20 Å². The number of carbonyl (C=O) groups excluding carboxylic acids is 1. The second-order valence-electron chi connectivity index (χ2n) is 6.60. The Bertz CT molecular complexity index is 814. The van der Waals surface area contributed by atoms with Crippen LogP contribution in [-0.4, -0.2) is 31.9 Å². The van der Waals surface area contributed by atoms with Crippen LogP contribution in [-0.2, 0) is 30.6 Å². The summed E-state index contributed by atoms with van der Waals surface area (Å²) in [6.45, 7) is 2.78. The van der Waals surface area contributed by atoms with E-state index in [-0.39, 0.29) is 11.9 Å². The van der Waals surface area contributed by atoms with Crippen LogP contribution in [0, 0.1) is 0 Å². The van der Waals surface area contributed by atoms with Gasteiger partial charge in [0.15, 0.2) is 0 Å². The molecule has 1 aromatic carbocycles. The molecule has 7 heteroatoms. The van der Waals surface area contributed by atoms with Crippen LogP contribution in [0.3, 0.4) is 0 Å². The topological polar surface area (TPSA) is 85.8 Å². The van der Waals surface area contributed by atoms with Gasteiger partial charge in [-0.2, -0.15) is 5.10 Å². The predicted molar refractivity (Wildman–Crippen MR) is 101 cm³/mol. The first-order valence-corrected chi connectivity index (χ1v) is 9.31. The first-order chi connectivity index (χ1) is 13.2. The molecule has 142 valence electrons. The molecule has 0 unspecified atom stereocenters. The third-order valence-electron chi connectivity index (χ3n) is 4.30. The van der Waals surface area contributed by atoms with E-state index in [1.165, 1.54) is 5.56 Å². The largest absolute Gasteiger partial charge is 0.425 e. The summed E-state index contributed by atoms with van der Waals surface area (Å²) in [5, 5.41) is 15.3. The van der Waals surface area contributed by atoms with Gasteiger partial charge in [-0.1, -0.05) is 30.3 Å². The fraction of sp³-hybridized carbons (Fsp3) is 0.400. The van der Waals surface area contributed by atoms with Crippen LogP contribution < -0.4 is 5.32 Å². The molecule has 0 radical (unpaired) electrons. The highest BCUT2D eigenvalue weighted by Crippen LogP contribution is 2.08. The molecule has 7 nitrogen and oxygen atoms in total. The number of hydrogen-bond acceptors (Lipinski definition) is 5. The average molecular weight is 367 g/mol. The molecule has 2 heterocycles. The van der Waals surface area contributed by atoms with E-state index in [4.69, 9.17) is 4.42 Å². The summed E-state index contributed by atoms with van der Waals surface area (Å²) >= 11 is 0. The number of aryl methyl sites for hydroxylation is 4. The second kappa shape index (κ2) is 9.66. The lowest BCUT2D eigenvalue weighted by molar-refractivity contribution is -0.121. The van der Waals surface area contributed by atoms with Gasteiger partial charge >= 0.3 is 0 Å². The van der Waals surface area contributed by atoms with Crippen LogP contribution in [0.4, 0.5) is 0 Å². The normalized spacial score (nSPS) is 12.0. The highest BCUT2D eigenvalue weighted by molar-refractivity contribution is 5.76. The second-order valence-corrected chi connectivity index (χ2v) is 6.60. The number of hydrogen-bond donors (Lipinski definition) is 1. The Hall–Kier alpha value is -2.96. The zero-order chi connectivity index (χ0) is 18.9. The maximum Gasteiger partial charge on any atom is 0.220 e. The molecule has 0 aliphatic carbocycles. The van der Waals surface area contributed by atoms with E-state index in [2.05, 4.69) is 32.7 Å². The van der Waals surface area contributed by atoms with Crippen LogP contribution in [0.15, 0.2) is 53.2 Å². The van der Waals surface area contributed by atoms with Crippen molar-refractivity contribution < 1.29 is 9.21 Å². The molecule has 0 saturated heterocycles. The quantitative estimate of drug-likeness (QED) is 0.595. The summed E-state index contributed by atoms with van der Waals surface area (Å²) in [5.74, 6) is 1.12. The molecule has 0 bridgehead atoms. The molecule has 0 fully saturated rings. The SMILES string of the molecule is C[C@@H](CCn1cccn1)NC(=O)CCc1nnc(CCc2ccccc2)o1. The minimum Gasteiger partial charge on any atom is -0.425 e. The Labute approximate surface area is 158 Å². The van der Waals surface area contributed by atoms with Crippen molar-refractivity contribution in [3.8, 4) is 0 Å². The Balaban J connectivity index is 1.35. The number of rotatable bonds is 10. The molecule has 1 N–H and O–H groups in total. The van der Waals surface area contributed by atoms with E-state index in [9.17, 15) is 4.79 Å². The maximum absolute atomic E-state index is 12.1. The Morgan fingerprint density at radius 2 is 1.89 bits per heavy atom. The third-order valence-corrected chi connectivity index (χ3v) is 4.30. The van der Waals surface area contributed by atoms with Gasteiger partial charge in [0.1, 0.15) is 0 Å². The number of nitrogens with zero attached hydrogens (tertiary/aromatic N) is 4. The number of nitrogens with one attached hydrogen (secondary N) is 1. The molecule has 0 saturated carbocycles.